The molecule has 0 bridgehead atoms. The maximum Gasteiger partial charge on any atom is 0.185 e. The number of nitrogens with zero attached hydrogens (tertiary/aromatic N) is 2. The lowest BCUT2D eigenvalue weighted by Crippen LogP contribution is -2.22. The summed E-state index contributed by atoms with van der Waals surface area (Å²) >= 11 is 1.73. The maximum absolute atomic E-state index is 5.76. The second kappa shape index (κ2) is 5.64. The third-order valence-corrected chi connectivity index (χ3v) is 3.62. The van der Waals surface area contributed by atoms with E-state index < -0.39 is 0 Å². The molecule has 16 heavy (non-hydrogen) atoms. The zero-order chi connectivity index (χ0) is 12.3. The summed E-state index contributed by atoms with van der Waals surface area (Å²) in [6.07, 6.45) is 0. The molecular weight excluding hydrogens is 218 g/mol. The van der Waals surface area contributed by atoms with E-state index in [9.17, 15) is 0 Å². The highest BCUT2D eigenvalue weighted by atomic mass is 32.1. The average Bonchev–Trinajstić information content (AvgIpc) is 2.60. The summed E-state index contributed by atoms with van der Waals surface area (Å²) in [5, 5.41) is 1.10. The molecule has 1 aromatic rings. The van der Waals surface area contributed by atoms with Gasteiger partial charge in [-0.2, -0.15) is 0 Å². The number of thiazole rings is 1. The van der Waals surface area contributed by atoms with Crippen molar-refractivity contribution >= 4 is 16.5 Å². The third kappa shape index (κ3) is 3.19. The number of hydrogen-bond donors (Lipinski definition) is 1. The Labute approximate surface area is 103 Å². The molecule has 0 aromatic carbocycles. The second-order valence-electron chi connectivity index (χ2n) is 4.94. The highest BCUT2D eigenvalue weighted by Crippen LogP contribution is 2.30. The van der Waals surface area contributed by atoms with Crippen LogP contribution in [0.15, 0.2) is 0 Å². The van der Waals surface area contributed by atoms with E-state index in [4.69, 9.17) is 10.7 Å². The molecule has 2 N–H and O–H groups in total. The minimum Gasteiger partial charge on any atom is -0.351 e. The van der Waals surface area contributed by atoms with Crippen LogP contribution in [0, 0.1) is 5.92 Å². The zero-order valence-corrected chi connectivity index (χ0v) is 11.8. The van der Waals surface area contributed by atoms with Gasteiger partial charge in [-0.25, -0.2) is 4.98 Å². The molecule has 0 aliphatic rings. The summed E-state index contributed by atoms with van der Waals surface area (Å²) in [7, 11) is 2.10. The first kappa shape index (κ1) is 13.5. The summed E-state index contributed by atoms with van der Waals surface area (Å²) in [5.41, 5.74) is 6.92. The first-order valence-electron chi connectivity index (χ1n) is 5.86. The van der Waals surface area contributed by atoms with Gasteiger partial charge in [-0.15, -0.1) is 11.3 Å². The van der Waals surface area contributed by atoms with Crippen molar-refractivity contribution < 1.29 is 0 Å². The molecule has 0 unspecified atom stereocenters. The van der Waals surface area contributed by atoms with Gasteiger partial charge >= 0.3 is 0 Å². The van der Waals surface area contributed by atoms with Gasteiger partial charge in [0.25, 0.3) is 0 Å². The topological polar surface area (TPSA) is 42.2 Å². The fraction of sp³-hybridized carbons (Fsp3) is 0.750. The first-order valence-corrected chi connectivity index (χ1v) is 6.68. The van der Waals surface area contributed by atoms with Gasteiger partial charge < -0.3 is 10.6 Å². The second-order valence-corrected chi connectivity index (χ2v) is 6.00. The molecule has 0 saturated heterocycles. The van der Waals surface area contributed by atoms with Gasteiger partial charge in [0.15, 0.2) is 5.13 Å². The molecule has 0 aliphatic heterocycles. The summed E-state index contributed by atoms with van der Waals surface area (Å²) in [5.74, 6) is 1.11. The van der Waals surface area contributed by atoms with Gasteiger partial charge in [0.2, 0.25) is 0 Å². The van der Waals surface area contributed by atoms with Crippen LogP contribution in [0.3, 0.4) is 0 Å². The molecule has 1 rings (SSSR count). The Bertz CT molecular complexity index is 331. The third-order valence-electron chi connectivity index (χ3n) is 2.41. The van der Waals surface area contributed by atoms with E-state index in [2.05, 4.69) is 39.6 Å². The van der Waals surface area contributed by atoms with Crippen molar-refractivity contribution in [3.05, 3.63) is 10.6 Å². The predicted octanol–water partition coefficient (Wildman–Crippen LogP) is 2.82. The van der Waals surface area contributed by atoms with E-state index in [1.54, 1.807) is 11.3 Å². The Hall–Kier alpha value is -0.610. The lowest BCUT2D eigenvalue weighted by Gasteiger charge is -2.17. The fourth-order valence-electron chi connectivity index (χ4n) is 1.74. The lowest BCUT2D eigenvalue weighted by molar-refractivity contribution is 0.636. The SMILES string of the molecule is CC(C)CN(C)c1nc(C(C)C)c(CN)s1. The molecule has 0 spiro atoms. The Balaban J connectivity index is 2.89. The molecule has 3 nitrogen and oxygen atoms in total. The fourth-order valence-corrected chi connectivity index (χ4v) is 2.80. The van der Waals surface area contributed by atoms with Crippen molar-refractivity contribution in [1.82, 2.24) is 4.98 Å². The van der Waals surface area contributed by atoms with E-state index in [0.29, 0.717) is 18.4 Å². The number of hydrogen-bond acceptors (Lipinski definition) is 4. The van der Waals surface area contributed by atoms with E-state index in [1.807, 2.05) is 0 Å². The van der Waals surface area contributed by atoms with Crippen LogP contribution in [0.4, 0.5) is 5.13 Å². The number of rotatable bonds is 5. The number of aromatic nitrogens is 1. The van der Waals surface area contributed by atoms with E-state index in [0.717, 1.165) is 17.4 Å². The van der Waals surface area contributed by atoms with Gasteiger partial charge in [-0.05, 0) is 11.8 Å². The Morgan fingerprint density at radius 3 is 2.31 bits per heavy atom. The van der Waals surface area contributed by atoms with Crippen LogP contribution >= 0.6 is 11.3 Å². The summed E-state index contributed by atoms with van der Waals surface area (Å²) < 4.78 is 0. The molecule has 4 heteroatoms. The van der Waals surface area contributed by atoms with Crippen molar-refractivity contribution in [3.63, 3.8) is 0 Å². The summed E-state index contributed by atoms with van der Waals surface area (Å²) in [4.78, 5) is 8.14. The van der Waals surface area contributed by atoms with E-state index in [-0.39, 0.29) is 0 Å². The van der Waals surface area contributed by atoms with Crippen molar-refractivity contribution in [2.24, 2.45) is 11.7 Å². The molecule has 0 saturated carbocycles. The lowest BCUT2D eigenvalue weighted by atomic mass is 10.1. The van der Waals surface area contributed by atoms with Crippen LogP contribution in [0.1, 0.15) is 44.2 Å². The minimum atomic E-state index is 0.455. The maximum atomic E-state index is 5.76. The molecule has 0 atom stereocenters. The van der Waals surface area contributed by atoms with Gasteiger partial charge in [0, 0.05) is 25.0 Å². The zero-order valence-electron chi connectivity index (χ0n) is 10.9. The normalized spacial score (nSPS) is 11.5. The van der Waals surface area contributed by atoms with E-state index in [1.165, 1.54) is 4.88 Å². The quantitative estimate of drug-likeness (QED) is 0.862. The van der Waals surface area contributed by atoms with E-state index >= 15 is 0 Å². The van der Waals surface area contributed by atoms with Crippen LogP contribution < -0.4 is 10.6 Å². The molecule has 1 heterocycles. The molecule has 0 aliphatic carbocycles. The van der Waals surface area contributed by atoms with Crippen LogP contribution in [0.2, 0.25) is 0 Å². The molecule has 0 fully saturated rings. The van der Waals surface area contributed by atoms with Crippen molar-refractivity contribution in [2.75, 3.05) is 18.5 Å². The number of nitrogens with two attached hydrogens (primary N) is 1. The van der Waals surface area contributed by atoms with Crippen LogP contribution in [0.5, 0.6) is 0 Å². The largest absolute Gasteiger partial charge is 0.351 e. The molecular formula is C12H23N3S. The monoisotopic (exact) mass is 241 g/mol. The summed E-state index contributed by atoms with van der Waals surface area (Å²) in [6, 6.07) is 0. The predicted molar refractivity (Wildman–Crippen MR) is 72.2 cm³/mol. The van der Waals surface area contributed by atoms with Gasteiger partial charge in [0.05, 0.1) is 5.69 Å². The molecule has 92 valence electrons. The minimum absolute atomic E-state index is 0.455. The van der Waals surface area contributed by atoms with Crippen molar-refractivity contribution in [1.29, 1.82) is 0 Å². The van der Waals surface area contributed by atoms with Crippen LogP contribution in [-0.2, 0) is 6.54 Å². The smallest absolute Gasteiger partial charge is 0.185 e. The highest BCUT2D eigenvalue weighted by molar-refractivity contribution is 7.15. The number of anilines is 1. The van der Waals surface area contributed by atoms with Gasteiger partial charge in [-0.1, -0.05) is 27.7 Å². The highest BCUT2D eigenvalue weighted by Gasteiger charge is 2.15. The van der Waals surface area contributed by atoms with Crippen LogP contribution in [-0.4, -0.2) is 18.6 Å². The van der Waals surface area contributed by atoms with Crippen LogP contribution in [0.25, 0.3) is 0 Å². The van der Waals surface area contributed by atoms with Gasteiger partial charge in [-0.3, -0.25) is 0 Å². The first-order chi connectivity index (χ1) is 7.45. The Morgan fingerprint density at radius 1 is 1.31 bits per heavy atom. The van der Waals surface area contributed by atoms with Crippen molar-refractivity contribution in [3.8, 4) is 0 Å². The summed E-state index contributed by atoms with van der Waals surface area (Å²) in [6.45, 7) is 10.4. The standard InChI is InChI=1S/C12H23N3S/c1-8(2)7-15(5)12-14-11(9(3)4)10(6-13)16-12/h8-9H,6-7,13H2,1-5H3. The Morgan fingerprint density at radius 2 is 1.94 bits per heavy atom. The molecule has 0 amide bonds. The van der Waals surface area contributed by atoms with Crippen molar-refractivity contribution in [2.45, 2.75) is 40.2 Å². The average molecular weight is 241 g/mol. The Kier molecular flexibility index (Phi) is 4.74. The molecule has 1 aromatic heterocycles. The molecule has 0 radical (unpaired) electrons. The van der Waals surface area contributed by atoms with Gasteiger partial charge in [0.1, 0.15) is 0 Å².